The Morgan fingerprint density at radius 3 is 1.50 bits per heavy atom. The highest BCUT2D eigenvalue weighted by molar-refractivity contribution is 5.39. The lowest BCUT2D eigenvalue weighted by Crippen LogP contribution is -2.25. The first kappa shape index (κ1) is 21.0. The number of rotatable bonds is 0. The molecule has 0 saturated carbocycles. The van der Waals surface area contributed by atoms with Crippen molar-refractivity contribution in [3.63, 3.8) is 0 Å². The number of aliphatic hydroxyl groups excluding tert-OH is 2. The normalized spacial score (nSPS) is 25.3. The van der Waals surface area contributed by atoms with Crippen molar-refractivity contribution < 1.29 is 29.2 Å². The second kappa shape index (κ2) is 12.9. The van der Waals surface area contributed by atoms with Crippen molar-refractivity contribution in [2.45, 2.75) is 50.7 Å². The van der Waals surface area contributed by atoms with E-state index in [1.165, 1.54) is 12.8 Å². The van der Waals surface area contributed by atoms with Gasteiger partial charge in [-0.2, -0.15) is 0 Å². The SMILES string of the molecule is OC1COCCCCCCCCOCC(O)COc2ccccc2OC1. The van der Waals surface area contributed by atoms with Crippen molar-refractivity contribution in [3.8, 4) is 11.5 Å². The van der Waals surface area contributed by atoms with Crippen molar-refractivity contribution in [2.75, 3.05) is 39.6 Å². The highest BCUT2D eigenvalue weighted by Crippen LogP contribution is 2.26. The van der Waals surface area contributed by atoms with Gasteiger partial charge in [0.25, 0.3) is 0 Å². The zero-order valence-electron chi connectivity index (χ0n) is 15.5. The third-order valence-corrected chi connectivity index (χ3v) is 4.16. The lowest BCUT2D eigenvalue weighted by molar-refractivity contribution is 0.00498. The molecule has 1 heterocycles. The van der Waals surface area contributed by atoms with E-state index >= 15 is 0 Å². The first-order valence-corrected chi connectivity index (χ1v) is 9.62. The van der Waals surface area contributed by atoms with Gasteiger partial charge in [-0.1, -0.05) is 37.8 Å². The zero-order valence-corrected chi connectivity index (χ0v) is 15.5. The van der Waals surface area contributed by atoms with Crippen molar-refractivity contribution in [2.24, 2.45) is 0 Å². The quantitative estimate of drug-likeness (QED) is 0.733. The van der Waals surface area contributed by atoms with Gasteiger partial charge in [0.1, 0.15) is 25.4 Å². The van der Waals surface area contributed by atoms with E-state index in [0.717, 1.165) is 25.7 Å². The first-order valence-electron chi connectivity index (χ1n) is 9.62. The van der Waals surface area contributed by atoms with Crippen LogP contribution in [0.3, 0.4) is 0 Å². The molecule has 2 N–H and O–H groups in total. The van der Waals surface area contributed by atoms with E-state index in [1.807, 2.05) is 12.1 Å². The molecule has 1 aliphatic heterocycles. The number of hydrogen-bond acceptors (Lipinski definition) is 6. The van der Waals surface area contributed by atoms with Crippen LogP contribution in [-0.4, -0.2) is 62.1 Å². The Bertz CT molecular complexity index is 438. The highest BCUT2D eigenvalue weighted by atomic mass is 16.5. The maximum atomic E-state index is 9.99. The van der Waals surface area contributed by atoms with Crippen LogP contribution in [0, 0.1) is 0 Å². The van der Waals surface area contributed by atoms with Gasteiger partial charge in [0.05, 0.1) is 13.2 Å². The molecule has 0 aliphatic carbocycles. The van der Waals surface area contributed by atoms with Gasteiger partial charge < -0.3 is 29.2 Å². The molecule has 2 rings (SSSR count). The molecule has 0 fully saturated rings. The van der Waals surface area contributed by atoms with Gasteiger partial charge in [-0.3, -0.25) is 0 Å². The lowest BCUT2D eigenvalue weighted by atomic mass is 10.1. The minimum atomic E-state index is -0.687. The van der Waals surface area contributed by atoms with E-state index < -0.39 is 12.2 Å². The molecule has 2 atom stereocenters. The highest BCUT2D eigenvalue weighted by Gasteiger charge is 2.11. The fourth-order valence-electron chi connectivity index (χ4n) is 2.71. The van der Waals surface area contributed by atoms with Gasteiger partial charge in [0.2, 0.25) is 0 Å². The van der Waals surface area contributed by atoms with Gasteiger partial charge in [-0.15, -0.1) is 0 Å². The van der Waals surface area contributed by atoms with Crippen LogP contribution in [0.4, 0.5) is 0 Å². The lowest BCUT2D eigenvalue weighted by Gasteiger charge is -2.17. The Morgan fingerprint density at radius 1 is 0.615 bits per heavy atom. The Labute approximate surface area is 156 Å². The fraction of sp³-hybridized carbons (Fsp3) is 0.700. The van der Waals surface area contributed by atoms with E-state index in [4.69, 9.17) is 18.9 Å². The smallest absolute Gasteiger partial charge is 0.161 e. The van der Waals surface area contributed by atoms with Gasteiger partial charge >= 0.3 is 0 Å². The summed E-state index contributed by atoms with van der Waals surface area (Å²) in [5.41, 5.74) is 0. The number of benzene rings is 1. The predicted molar refractivity (Wildman–Crippen MR) is 98.8 cm³/mol. The molecule has 26 heavy (non-hydrogen) atoms. The minimum Gasteiger partial charge on any atom is -0.487 e. The summed E-state index contributed by atoms with van der Waals surface area (Å²) in [6.45, 7) is 2.12. The predicted octanol–water partition coefficient (Wildman–Crippen LogP) is 2.55. The van der Waals surface area contributed by atoms with Crippen LogP contribution in [0.1, 0.15) is 38.5 Å². The number of hydrogen-bond donors (Lipinski definition) is 2. The molecule has 148 valence electrons. The number of fused-ring (bicyclic) bond motifs is 1. The molecule has 1 aliphatic rings. The van der Waals surface area contributed by atoms with Crippen molar-refractivity contribution in [3.05, 3.63) is 24.3 Å². The molecule has 1 aromatic carbocycles. The monoisotopic (exact) mass is 368 g/mol. The summed E-state index contributed by atoms with van der Waals surface area (Å²) in [4.78, 5) is 0. The van der Waals surface area contributed by atoms with Crippen LogP contribution in [0.5, 0.6) is 11.5 Å². The van der Waals surface area contributed by atoms with E-state index in [0.29, 0.717) is 24.7 Å². The molecule has 0 spiro atoms. The van der Waals surface area contributed by atoms with Gasteiger partial charge in [-0.05, 0) is 25.0 Å². The van der Waals surface area contributed by atoms with Crippen LogP contribution in [-0.2, 0) is 9.47 Å². The fourth-order valence-corrected chi connectivity index (χ4v) is 2.71. The Balaban J connectivity index is 1.86. The van der Waals surface area contributed by atoms with E-state index in [2.05, 4.69) is 0 Å². The zero-order chi connectivity index (χ0) is 18.5. The second-order valence-electron chi connectivity index (χ2n) is 6.65. The summed E-state index contributed by atoms with van der Waals surface area (Å²) in [7, 11) is 0. The summed E-state index contributed by atoms with van der Waals surface area (Å²) in [6.07, 6.45) is 5.28. The molecule has 6 heteroatoms. The van der Waals surface area contributed by atoms with E-state index in [1.54, 1.807) is 12.1 Å². The molecule has 0 bridgehead atoms. The molecule has 1 aromatic rings. The molecule has 0 amide bonds. The first-order chi connectivity index (χ1) is 12.8. The Kier molecular flexibility index (Phi) is 10.4. The van der Waals surface area contributed by atoms with Crippen LogP contribution < -0.4 is 9.47 Å². The second-order valence-corrected chi connectivity index (χ2v) is 6.65. The van der Waals surface area contributed by atoms with Gasteiger partial charge in [-0.25, -0.2) is 0 Å². The average Bonchev–Trinajstić information content (AvgIpc) is 2.65. The van der Waals surface area contributed by atoms with Crippen molar-refractivity contribution in [1.29, 1.82) is 0 Å². The molecule has 2 unspecified atom stereocenters. The molecular formula is C20H32O6. The van der Waals surface area contributed by atoms with Crippen molar-refractivity contribution in [1.82, 2.24) is 0 Å². The van der Waals surface area contributed by atoms with Gasteiger partial charge in [0, 0.05) is 13.2 Å². The Hall–Kier alpha value is -1.34. The summed E-state index contributed by atoms with van der Waals surface area (Å²) in [5.74, 6) is 1.07. The average molecular weight is 368 g/mol. The minimum absolute atomic E-state index is 0.131. The molecule has 0 radical (unpaired) electrons. The maximum absolute atomic E-state index is 9.99. The number of ether oxygens (including phenoxy) is 4. The standard InChI is InChI=1S/C20H32O6/c21-17-13-23-11-7-3-1-2-4-8-12-24-14-18(22)16-26-20-10-6-5-9-19(20)25-15-17/h5-6,9-10,17-18,21-22H,1-4,7-8,11-16H2. The molecule has 0 aromatic heterocycles. The summed E-state index contributed by atoms with van der Waals surface area (Å²) >= 11 is 0. The summed E-state index contributed by atoms with van der Waals surface area (Å²) in [6, 6.07) is 7.22. The largest absolute Gasteiger partial charge is 0.487 e. The van der Waals surface area contributed by atoms with E-state index in [-0.39, 0.29) is 26.4 Å². The van der Waals surface area contributed by atoms with Crippen molar-refractivity contribution >= 4 is 0 Å². The van der Waals surface area contributed by atoms with Crippen LogP contribution in [0.2, 0.25) is 0 Å². The van der Waals surface area contributed by atoms with Gasteiger partial charge in [0.15, 0.2) is 11.5 Å². The number of para-hydroxylation sites is 2. The number of aliphatic hydroxyl groups is 2. The van der Waals surface area contributed by atoms with E-state index in [9.17, 15) is 10.2 Å². The van der Waals surface area contributed by atoms with Crippen LogP contribution in [0.15, 0.2) is 24.3 Å². The third kappa shape index (κ3) is 8.85. The van der Waals surface area contributed by atoms with Crippen LogP contribution in [0.25, 0.3) is 0 Å². The molecule has 0 saturated heterocycles. The summed E-state index contributed by atoms with van der Waals surface area (Å²) < 4.78 is 22.3. The maximum Gasteiger partial charge on any atom is 0.161 e. The topological polar surface area (TPSA) is 77.4 Å². The third-order valence-electron chi connectivity index (χ3n) is 4.16. The summed E-state index contributed by atoms with van der Waals surface area (Å²) in [5, 5.41) is 20.0. The molecule has 6 nitrogen and oxygen atoms in total. The Morgan fingerprint density at radius 2 is 1.04 bits per heavy atom. The molecular weight excluding hydrogens is 336 g/mol. The van der Waals surface area contributed by atoms with Crippen LogP contribution >= 0.6 is 0 Å².